The van der Waals surface area contributed by atoms with Gasteiger partial charge < -0.3 is 25.3 Å². The van der Waals surface area contributed by atoms with Crippen LogP contribution < -0.4 is 10.6 Å². The molecule has 3 rings (SSSR count). The van der Waals surface area contributed by atoms with Gasteiger partial charge >= 0.3 is 0 Å². The highest BCUT2D eigenvalue weighted by Gasteiger charge is 2.19. The molecule has 0 radical (unpaired) electrons. The van der Waals surface area contributed by atoms with Gasteiger partial charge in [-0.2, -0.15) is 0 Å². The second-order valence-electron chi connectivity index (χ2n) is 8.19. The summed E-state index contributed by atoms with van der Waals surface area (Å²) in [6.07, 6.45) is 5.24. The Morgan fingerprint density at radius 3 is 2.87 bits per heavy atom. The predicted molar refractivity (Wildman–Crippen MR) is 122 cm³/mol. The summed E-state index contributed by atoms with van der Waals surface area (Å²) in [5, 5.41) is 7.88. The van der Waals surface area contributed by atoms with Crippen LogP contribution in [-0.2, 0) is 11.2 Å². The zero-order valence-corrected chi connectivity index (χ0v) is 18.5. The van der Waals surface area contributed by atoms with Crippen molar-refractivity contribution in [1.29, 1.82) is 0 Å². The average molecular weight is 418 g/mol. The lowest BCUT2D eigenvalue weighted by atomic mass is 10.1. The fourth-order valence-electron chi connectivity index (χ4n) is 3.88. The summed E-state index contributed by atoms with van der Waals surface area (Å²) >= 11 is 0. The van der Waals surface area contributed by atoms with Crippen LogP contribution in [0.4, 0.5) is 4.39 Å². The molecule has 0 amide bonds. The normalized spacial score (nSPS) is 16.5. The van der Waals surface area contributed by atoms with Crippen LogP contribution in [0.1, 0.15) is 39.2 Å². The number of ether oxygens (including phenoxy) is 1. The lowest BCUT2D eigenvalue weighted by molar-refractivity contribution is 0.0532. The first-order valence-corrected chi connectivity index (χ1v) is 11.2. The number of hydrogen-bond acceptors (Lipinski definition) is 3. The van der Waals surface area contributed by atoms with Gasteiger partial charge in [0, 0.05) is 55.9 Å². The molecule has 166 valence electrons. The number of H-pyrrole nitrogens is 1. The summed E-state index contributed by atoms with van der Waals surface area (Å²) in [6, 6.07) is 5.29. The summed E-state index contributed by atoms with van der Waals surface area (Å²) in [5.41, 5.74) is 2.06. The highest BCUT2D eigenvalue weighted by Crippen LogP contribution is 2.19. The third kappa shape index (κ3) is 6.71. The number of nitrogens with zero attached hydrogens (tertiary/aromatic N) is 2. The van der Waals surface area contributed by atoms with Crippen molar-refractivity contribution in [3.05, 3.63) is 35.8 Å². The van der Waals surface area contributed by atoms with Crippen molar-refractivity contribution in [2.75, 3.05) is 39.3 Å². The lowest BCUT2D eigenvalue weighted by Gasteiger charge is -2.33. The molecule has 0 spiro atoms. The van der Waals surface area contributed by atoms with Crippen LogP contribution in [-0.4, -0.2) is 67.3 Å². The number of aromatic amines is 1. The molecule has 0 aliphatic carbocycles. The minimum absolute atomic E-state index is 0.205. The number of benzene rings is 1. The summed E-state index contributed by atoms with van der Waals surface area (Å²) in [6.45, 7) is 11.7. The summed E-state index contributed by atoms with van der Waals surface area (Å²) in [4.78, 5) is 10.4. The molecule has 0 unspecified atom stereocenters. The zero-order valence-electron chi connectivity index (χ0n) is 18.5. The summed E-state index contributed by atoms with van der Waals surface area (Å²) in [7, 11) is 0. The van der Waals surface area contributed by atoms with Crippen molar-refractivity contribution in [2.24, 2.45) is 4.99 Å². The molecular formula is C23H36FN5O. The largest absolute Gasteiger partial charge is 0.377 e. The Labute approximate surface area is 179 Å². The van der Waals surface area contributed by atoms with E-state index in [4.69, 9.17) is 9.73 Å². The van der Waals surface area contributed by atoms with E-state index in [-0.39, 0.29) is 5.82 Å². The van der Waals surface area contributed by atoms with E-state index in [1.165, 1.54) is 6.07 Å². The molecule has 0 saturated carbocycles. The Balaban J connectivity index is 1.47. The van der Waals surface area contributed by atoms with Gasteiger partial charge in [0.25, 0.3) is 0 Å². The van der Waals surface area contributed by atoms with E-state index in [1.54, 1.807) is 12.1 Å². The molecule has 1 aromatic carbocycles. The Bertz CT molecular complexity index is 811. The number of aromatic nitrogens is 1. The minimum Gasteiger partial charge on any atom is -0.377 e. The van der Waals surface area contributed by atoms with Crippen molar-refractivity contribution >= 4 is 16.9 Å². The van der Waals surface area contributed by atoms with Gasteiger partial charge in [0.1, 0.15) is 5.82 Å². The molecule has 1 aromatic heterocycles. The number of halogens is 1. The van der Waals surface area contributed by atoms with E-state index in [9.17, 15) is 4.39 Å². The van der Waals surface area contributed by atoms with E-state index in [0.29, 0.717) is 18.7 Å². The van der Waals surface area contributed by atoms with Crippen molar-refractivity contribution in [1.82, 2.24) is 20.5 Å². The van der Waals surface area contributed by atoms with E-state index in [0.717, 1.165) is 74.5 Å². The number of nitrogens with one attached hydrogen (secondary N) is 3. The Morgan fingerprint density at radius 1 is 1.33 bits per heavy atom. The number of piperidine rings is 1. The molecule has 1 aliphatic heterocycles. The molecule has 0 atom stereocenters. The van der Waals surface area contributed by atoms with Crippen LogP contribution in [0, 0.1) is 5.82 Å². The number of aliphatic imine (C=N–C) groups is 1. The number of rotatable bonds is 9. The fourth-order valence-corrected chi connectivity index (χ4v) is 3.88. The van der Waals surface area contributed by atoms with Crippen molar-refractivity contribution in [3.8, 4) is 0 Å². The SMILES string of the molecule is CCNC(=NCCc1c[nH]c2ccc(F)cc12)NC1CCN(CCOC(C)C)CC1. The quantitative estimate of drug-likeness (QED) is 0.433. The molecule has 2 aromatic rings. The maximum atomic E-state index is 13.6. The Hall–Kier alpha value is -2.12. The number of guanidine groups is 1. The van der Waals surface area contributed by atoms with E-state index in [2.05, 4.69) is 41.3 Å². The van der Waals surface area contributed by atoms with Crippen LogP contribution in [0.3, 0.4) is 0 Å². The van der Waals surface area contributed by atoms with Crippen molar-refractivity contribution in [3.63, 3.8) is 0 Å². The van der Waals surface area contributed by atoms with Gasteiger partial charge in [-0.25, -0.2) is 4.39 Å². The topological polar surface area (TPSA) is 64.7 Å². The van der Waals surface area contributed by atoms with Gasteiger partial charge in [0.2, 0.25) is 0 Å². The first-order valence-electron chi connectivity index (χ1n) is 11.2. The molecule has 1 saturated heterocycles. The molecule has 7 heteroatoms. The van der Waals surface area contributed by atoms with Gasteiger partial charge in [-0.1, -0.05) is 0 Å². The molecule has 30 heavy (non-hydrogen) atoms. The van der Waals surface area contributed by atoms with Crippen LogP contribution in [0.15, 0.2) is 29.4 Å². The first-order chi connectivity index (χ1) is 14.5. The monoisotopic (exact) mass is 417 g/mol. The van der Waals surface area contributed by atoms with Gasteiger partial charge in [-0.3, -0.25) is 4.99 Å². The van der Waals surface area contributed by atoms with Crippen molar-refractivity contribution in [2.45, 2.75) is 52.2 Å². The number of fused-ring (bicyclic) bond motifs is 1. The molecule has 1 fully saturated rings. The molecule has 3 N–H and O–H groups in total. The maximum absolute atomic E-state index is 13.6. The van der Waals surface area contributed by atoms with E-state index in [1.807, 2.05) is 6.20 Å². The standard InChI is InChI=1S/C23H36FN5O/c1-4-25-23(28-20-8-11-29(12-9-20)13-14-30-17(2)3)26-10-7-18-16-27-22-6-5-19(24)15-21(18)22/h5-6,15-17,20,27H,4,7-14H2,1-3H3,(H2,25,26,28). The van der Waals surface area contributed by atoms with Gasteiger partial charge in [0.15, 0.2) is 5.96 Å². The third-order valence-electron chi connectivity index (χ3n) is 5.51. The zero-order chi connectivity index (χ0) is 21.3. The highest BCUT2D eigenvalue weighted by atomic mass is 19.1. The van der Waals surface area contributed by atoms with Crippen molar-refractivity contribution < 1.29 is 9.13 Å². The van der Waals surface area contributed by atoms with E-state index < -0.39 is 0 Å². The fraction of sp³-hybridized carbons (Fsp3) is 0.609. The molecular weight excluding hydrogens is 381 g/mol. The maximum Gasteiger partial charge on any atom is 0.191 e. The second kappa shape index (κ2) is 11.3. The Morgan fingerprint density at radius 2 is 2.13 bits per heavy atom. The van der Waals surface area contributed by atoms with Gasteiger partial charge in [-0.05, 0) is 63.8 Å². The second-order valence-corrected chi connectivity index (χ2v) is 8.19. The molecule has 0 bridgehead atoms. The average Bonchev–Trinajstić information content (AvgIpc) is 3.11. The Kier molecular flexibility index (Phi) is 8.51. The highest BCUT2D eigenvalue weighted by molar-refractivity contribution is 5.83. The molecule has 2 heterocycles. The lowest BCUT2D eigenvalue weighted by Crippen LogP contribution is -2.49. The predicted octanol–water partition coefficient (Wildman–Crippen LogP) is 3.29. The van der Waals surface area contributed by atoms with Crippen LogP contribution in [0.5, 0.6) is 0 Å². The smallest absolute Gasteiger partial charge is 0.191 e. The third-order valence-corrected chi connectivity index (χ3v) is 5.51. The van der Waals surface area contributed by atoms with Gasteiger partial charge in [0.05, 0.1) is 12.7 Å². The van der Waals surface area contributed by atoms with Crippen LogP contribution in [0.2, 0.25) is 0 Å². The number of likely N-dealkylation sites (tertiary alicyclic amines) is 1. The van der Waals surface area contributed by atoms with Gasteiger partial charge in [-0.15, -0.1) is 0 Å². The van der Waals surface area contributed by atoms with Crippen LogP contribution >= 0.6 is 0 Å². The number of hydrogen-bond donors (Lipinski definition) is 3. The molecule has 1 aliphatic rings. The first kappa shape index (κ1) is 22.6. The molecule has 6 nitrogen and oxygen atoms in total. The minimum atomic E-state index is -0.205. The summed E-state index contributed by atoms with van der Waals surface area (Å²) < 4.78 is 19.2. The summed E-state index contributed by atoms with van der Waals surface area (Å²) in [5.74, 6) is 0.661. The van der Waals surface area contributed by atoms with E-state index >= 15 is 0 Å². The van der Waals surface area contributed by atoms with Crippen LogP contribution in [0.25, 0.3) is 10.9 Å².